The Morgan fingerprint density at radius 3 is 1.87 bits per heavy atom. The molecule has 0 aromatic heterocycles. The van der Waals surface area contributed by atoms with E-state index in [-0.39, 0.29) is 18.5 Å². The number of aliphatic carboxylic acids is 3. The molecule has 0 heterocycles. The molecule has 31 heavy (non-hydrogen) atoms. The highest BCUT2D eigenvalue weighted by Gasteiger charge is 2.09. The molecule has 178 valence electrons. The summed E-state index contributed by atoms with van der Waals surface area (Å²) in [6.07, 6.45) is 1.95. The van der Waals surface area contributed by atoms with Gasteiger partial charge in [0.2, 0.25) is 0 Å². The standard InChI is InChI=1S/C9H13N.C6H14N4O2.C2H5NO2.C2H4O2/c1-8(10)7-9-5-3-2-4-6-9;7-4(5(11)12)2-1-3-10-6(8)9;3-1-2(4)5;1-2(3)4/h2-6,8H,7,10H2,1H3;4H,1-3,7H2,(H,11,12)(H4,8,9,10);1,3H2,(H,4,5);1H3,(H,3,4). The van der Waals surface area contributed by atoms with Gasteiger partial charge in [-0.3, -0.25) is 19.8 Å². The minimum atomic E-state index is -1.00. The van der Waals surface area contributed by atoms with Crippen LogP contribution in [0.3, 0.4) is 0 Å². The normalized spacial score (nSPS) is 10.9. The molecule has 1 rings (SSSR count). The summed E-state index contributed by atoms with van der Waals surface area (Å²) >= 11 is 0. The van der Waals surface area contributed by atoms with Gasteiger partial charge in [0.1, 0.15) is 6.04 Å². The summed E-state index contributed by atoms with van der Waals surface area (Å²) in [5.74, 6) is -2.92. The van der Waals surface area contributed by atoms with Crippen LogP contribution >= 0.6 is 0 Å². The first-order valence-electron chi connectivity index (χ1n) is 9.30. The molecular weight excluding hydrogens is 408 g/mol. The predicted molar refractivity (Wildman–Crippen MR) is 119 cm³/mol. The maximum Gasteiger partial charge on any atom is 0.320 e. The van der Waals surface area contributed by atoms with Crippen molar-refractivity contribution < 1.29 is 29.7 Å². The molecule has 1 aromatic rings. The lowest BCUT2D eigenvalue weighted by Crippen LogP contribution is -2.34. The molecule has 0 radical (unpaired) electrons. The third-order valence-corrected chi connectivity index (χ3v) is 2.90. The van der Waals surface area contributed by atoms with Crippen LogP contribution < -0.4 is 28.3 Å². The van der Waals surface area contributed by atoms with Crippen LogP contribution in [0.1, 0.15) is 32.3 Å². The average molecular weight is 445 g/mol. The summed E-state index contributed by atoms with van der Waals surface area (Å²) in [5, 5.41) is 32.7. The van der Waals surface area contributed by atoms with E-state index in [2.05, 4.69) is 23.2 Å². The number of nitrogens with one attached hydrogen (secondary N) is 2. The van der Waals surface area contributed by atoms with E-state index in [0.29, 0.717) is 19.4 Å². The van der Waals surface area contributed by atoms with E-state index >= 15 is 0 Å². The van der Waals surface area contributed by atoms with E-state index in [1.54, 1.807) is 0 Å². The highest BCUT2D eigenvalue weighted by Crippen LogP contribution is 2.00. The number of guanidine groups is 1. The Balaban J connectivity index is -0.000000370. The SMILES string of the molecule is CC(=O)O.CC(N)Cc1ccccc1.N=C(N)NCCCC(N)C(=O)O.NCC(=O)O. The van der Waals surface area contributed by atoms with Gasteiger partial charge in [-0.2, -0.15) is 0 Å². The maximum absolute atomic E-state index is 10.2. The van der Waals surface area contributed by atoms with Crippen LogP contribution in [0.25, 0.3) is 0 Å². The summed E-state index contributed by atoms with van der Waals surface area (Å²) in [7, 11) is 0. The van der Waals surface area contributed by atoms with Crippen molar-refractivity contribution in [1.29, 1.82) is 5.41 Å². The fourth-order valence-corrected chi connectivity index (χ4v) is 1.65. The number of hydrogen-bond acceptors (Lipinski definition) is 7. The molecular formula is C19H36N6O6. The van der Waals surface area contributed by atoms with Crippen molar-refractivity contribution >= 4 is 23.9 Å². The first-order chi connectivity index (χ1) is 14.3. The zero-order valence-corrected chi connectivity index (χ0v) is 18.0. The molecule has 1 aromatic carbocycles. The zero-order chi connectivity index (χ0) is 24.8. The van der Waals surface area contributed by atoms with Crippen LogP contribution in [-0.2, 0) is 20.8 Å². The van der Waals surface area contributed by atoms with Crippen molar-refractivity contribution in [3.63, 3.8) is 0 Å². The number of carboxylic acids is 3. The van der Waals surface area contributed by atoms with Gasteiger partial charge in [0, 0.05) is 19.5 Å². The van der Waals surface area contributed by atoms with Gasteiger partial charge in [-0.25, -0.2) is 0 Å². The lowest BCUT2D eigenvalue weighted by Gasteiger charge is -2.06. The van der Waals surface area contributed by atoms with Crippen molar-refractivity contribution in [2.45, 2.75) is 45.2 Å². The van der Waals surface area contributed by atoms with Crippen molar-refractivity contribution in [3.05, 3.63) is 35.9 Å². The van der Waals surface area contributed by atoms with E-state index in [0.717, 1.165) is 13.3 Å². The fourth-order valence-electron chi connectivity index (χ4n) is 1.65. The molecule has 0 spiro atoms. The minimum absolute atomic E-state index is 0.112. The van der Waals surface area contributed by atoms with Crippen LogP contribution in [-0.4, -0.2) is 64.4 Å². The Morgan fingerprint density at radius 2 is 1.55 bits per heavy atom. The largest absolute Gasteiger partial charge is 0.481 e. The second-order valence-corrected chi connectivity index (χ2v) is 6.21. The Bertz CT molecular complexity index is 624. The van der Waals surface area contributed by atoms with E-state index in [4.69, 9.17) is 42.7 Å². The molecule has 0 saturated carbocycles. The second kappa shape index (κ2) is 21.5. The van der Waals surface area contributed by atoms with E-state index in [1.165, 1.54) is 5.56 Å². The molecule has 13 N–H and O–H groups in total. The number of benzene rings is 1. The van der Waals surface area contributed by atoms with Crippen molar-refractivity contribution in [1.82, 2.24) is 5.32 Å². The molecule has 12 heteroatoms. The summed E-state index contributed by atoms with van der Waals surface area (Å²) in [6.45, 7) is 3.31. The van der Waals surface area contributed by atoms with Gasteiger partial charge in [-0.15, -0.1) is 0 Å². The molecule has 0 fully saturated rings. The lowest BCUT2D eigenvalue weighted by atomic mass is 10.1. The molecule has 0 saturated heterocycles. The van der Waals surface area contributed by atoms with Gasteiger partial charge in [0.15, 0.2) is 5.96 Å². The quantitative estimate of drug-likeness (QED) is 0.138. The fraction of sp³-hybridized carbons (Fsp3) is 0.474. The molecule has 2 atom stereocenters. The number of carboxylic acid groups (broad SMARTS) is 3. The van der Waals surface area contributed by atoms with Gasteiger partial charge in [0.05, 0.1) is 6.54 Å². The van der Waals surface area contributed by atoms with Crippen LogP contribution in [0, 0.1) is 5.41 Å². The smallest absolute Gasteiger partial charge is 0.320 e. The average Bonchev–Trinajstić information content (AvgIpc) is 2.65. The number of nitrogens with two attached hydrogens (primary N) is 4. The third kappa shape index (κ3) is 34.7. The van der Waals surface area contributed by atoms with Gasteiger partial charge in [-0.05, 0) is 31.7 Å². The molecule has 0 aliphatic carbocycles. The Labute approximate surface area is 182 Å². The van der Waals surface area contributed by atoms with Crippen molar-refractivity contribution in [2.24, 2.45) is 22.9 Å². The Kier molecular flexibility index (Phi) is 22.5. The van der Waals surface area contributed by atoms with Gasteiger partial charge >= 0.3 is 11.9 Å². The monoisotopic (exact) mass is 444 g/mol. The summed E-state index contributed by atoms with van der Waals surface area (Å²) in [5.41, 5.74) is 21.7. The van der Waals surface area contributed by atoms with Crippen LogP contribution in [0.2, 0.25) is 0 Å². The topological polar surface area (TPSA) is 252 Å². The first-order valence-corrected chi connectivity index (χ1v) is 9.30. The summed E-state index contributed by atoms with van der Waals surface area (Å²) in [6, 6.07) is 9.74. The van der Waals surface area contributed by atoms with Crippen LogP contribution in [0.4, 0.5) is 0 Å². The summed E-state index contributed by atoms with van der Waals surface area (Å²) in [4.78, 5) is 28.5. The molecule has 0 amide bonds. The van der Waals surface area contributed by atoms with Gasteiger partial charge in [0.25, 0.3) is 5.97 Å². The lowest BCUT2D eigenvalue weighted by molar-refractivity contribution is -0.139. The summed E-state index contributed by atoms with van der Waals surface area (Å²) < 4.78 is 0. The first kappa shape index (κ1) is 32.4. The van der Waals surface area contributed by atoms with E-state index in [1.807, 2.05) is 25.1 Å². The number of carbonyl (C=O) groups is 3. The number of rotatable bonds is 8. The zero-order valence-electron chi connectivity index (χ0n) is 18.0. The van der Waals surface area contributed by atoms with Crippen LogP contribution in [0.15, 0.2) is 30.3 Å². The maximum atomic E-state index is 10.2. The predicted octanol–water partition coefficient (Wildman–Crippen LogP) is -0.642. The Hall–Kier alpha value is -3.22. The van der Waals surface area contributed by atoms with E-state index in [9.17, 15) is 9.59 Å². The molecule has 12 nitrogen and oxygen atoms in total. The highest BCUT2D eigenvalue weighted by atomic mass is 16.4. The molecule has 0 aliphatic rings. The second-order valence-electron chi connectivity index (χ2n) is 6.21. The Morgan fingerprint density at radius 1 is 1.10 bits per heavy atom. The van der Waals surface area contributed by atoms with Crippen molar-refractivity contribution in [3.8, 4) is 0 Å². The van der Waals surface area contributed by atoms with E-state index < -0.39 is 23.9 Å². The molecule has 2 unspecified atom stereocenters. The minimum Gasteiger partial charge on any atom is -0.481 e. The molecule has 0 bridgehead atoms. The number of hydrogen-bond donors (Lipinski definition) is 9. The highest BCUT2D eigenvalue weighted by molar-refractivity contribution is 5.74. The van der Waals surface area contributed by atoms with Gasteiger partial charge < -0.3 is 43.6 Å². The third-order valence-electron chi connectivity index (χ3n) is 2.90. The van der Waals surface area contributed by atoms with Crippen LogP contribution in [0.5, 0.6) is 0 Å². The molecule has 0 aliphatic heterocycles. The van der Waals surface area contributed by atoms with Gasteiger partial charge in [-0.1, -0.05) is 30.3 Å². The van der Waals surface area contributed by atoms with Crippen molar-refractivity contribution in [2.75, 3.05) is 13.1 Å².